The summed E-state index contributed by atoms with van der Waals surface area (Å²) in [7, 11) is 0. The zero-order valence-corrected chi connectivity index (χ0v) is 23.8. The fourth-order valence-electron chi connectivity index (χ4n) is 3.06. The third kappa shape index (κ3) is 10.7. The van der Waals surface area contributed by atoms with Crippen LogP contribution in [0.3, 0.4) is 0 Å². The predicted octanol–water partition coefficient (Wildman–Crippen LogP) is 5.00. The second kappa shape index (κ2) is 17.4. The molecule has 38 heavy (non-hydrogen) atoms. The lowest BCUT2D eigenvalue weighted by Gasteiger charge is -2.34. The smallest absolute Gasteiger partial charge is 0.353 e. The predicted molar refractivity (Wildman–Crippen MR) is 149 cm³/mol. The molecule has 0 unspecified atom stereocenters. The molecule has 1 aliphatic heterocycles. The number of amides is 2. The number of nitrogens with zero attached hydrogens (tertiary/aromatic N) is 4. The molecular formula is C26H35Cl2N5O5. The molecule has 2 fully saturated rings. The number of guanidine groups is 1. The van der Waals surface area contributed by atoms with Gasteiger partial charge in [-0.3, -0.25) is 4.90 Å². The van der Waals surface area contributed by atoms with Crippen molar-refractivity contribution in [2.45, 2.75) is 53.6 Å². The van der Waals surface area contributed by atoms with Gasteiger partial charge in [0.1, 0.15) is 17.4 Å². The number of aliphatic hydroxyl groups excluding tert-OH is 1. The van der Waals surface area contributed by atoms with E-state index >= 15 is 0 Å². The molecule has 0 radical (unpaired) electrons. The van der Waals surface area contributed by atoms with Crippen LogP contribution in [0.25, 0.3) is 0 Å². The Labute approximate surface area is 234 Å². The molecule has 2 N–H and O–H groups in total. The molecule has 0 spiro atoms. The van der Waals surface area contributed by atoms with Crippen molar-refractivity contribution in [1.29, 1.82) is 0 Å². The second-order valence-corrected chi connectivity index (χ2v) is 9.15. The molecule has 0 aromatic carbocycles. The average molecular weight is 569 g/mol. The largest absolute Gasteiger partial charge is 0.473 e. The van der Waals surface area contributed by atoms with E-state index in [0.29, 0.717) is 30.1 Å². The van der Waals surface area contributed by atoms with E-state index in [1.165, 1.54) is 16.2 Å². The standard InChI is InChI=1S/C21H25Cl2N5O4.C3H4.C2H6O/c1-4-28-21(30)27(11-13(2)5-6-14(3)22)20(26-32-28)25-16-9-18(23)19(24-10-16)31-17-7-15(8-17)12-29;1-3-2;1-2-3/h5-6,9-10,12,15,17H,4,7-8,11H2,1-3H3,(H,25,26);1H,2H3;3H,2H2,1H3/b13-5+,14-6+;;. The Kier molecular flexibility index (Phi) is 15.1. The van der Waals surface area contributed by atoms with Gasteiger partial charge in [-0.25, -0.2) is 20.3 Å². The van der Waals surface area contributed by atoms with Crippen LogP contribution in [0.5, 0.6) is 5.88 Å². The van der Waals surface area contributed by atoms with E-state index in [9.17, 15) is 9.59 Å². The Balaban J connectivity index is 0.00000110. The minimum Gasteiger partial charge on any atom is -0.473 e. The Bertz CT molecular complexity index is 1060. The number of rotatable bonds is 8. The van der Waals surface area contributed by atoms with E-state index in [2.05, 4.69) is 27.8 Å². The zero-order valence-electron chi connectivity index (χ0n) is 22.3. The summed E-state index contributed by atoms with van der Waals surface area (Å²) < 4.78 is 5.74. The van der Waals surface area contributed by atoms with Gasteiger partial charge >= 0.3 is 6.03 Å². The van der Waals surface area contributed by atoms with Crippen molar-refractivity contribution in [3.8, 4) is 18.2 Å². The molecule has 0 bridgehead atoms. The molecular weight excluding hydrogens is 533 g/mol. The molecule has 1 saturated heterocycles. The van der Waals surface area contributed by atoms with Crippen LogP contribution in [0.1, 0.15) is 47.5 Å². The first-order chi connectivity index (χ1) is 18.1. The molecule has 1 saturated carbocycles. The van der Waals surface area contributed by atoms with Crippen LogP contribution in [0.15, 0.2) is 40.0 Å². The van der Waals surface area contributed by atoms with Crippen LogP contribution in [0.4, 0.5) is 10.5 Å². The summed E-state index contributed by atoms with van der Waals surface area (Å²) in [4.78, 5) is 39.0. The average Bonchev–Trinajstić information content (AvgIpc) is 2.84. The molecule has 10 nitrogen and oxygen atoms in total. The number of urea groups is 1. The first-order valence-corrected chi connectivity index (χ1v) is 12.7. The number of halogens is 2. The molecule has 0 atom stereocenters. The first-order valence-electron chi connectivity index (χ1n) is 12.0. The van der Waals surface area contributed by atoms with Crippen LogP contribution in [0.2, 0.25) is 5.02 Å². The highest BCUT2D eigenvalue weighted by Crippen LogP contribution is 2.33. The van der Waals surface area contributed by atoms with E-state index in [4.69, 9.17) is 38.0 Å². The summed E-state index contributed by atoms with van der Waals surface area (Å²) in [5.41, 5.74) is 3.99. The molecule has 3 rings (SSSR count). The summed E-state index contributed by atoms with van der Waals surface area (Å²) in [6, 6.07) is 1.23. The van der Waals surface area contributed by atoms with Gasteiger partial charge in [0.2, 0.25) is 11.8 Å². The number of hydrogen-bond donors (Lipinski definition) is 2. The summed E-state index contributed by atoms with van der Waals surface area (Å²) in [6.45, 7) is 9.66. The third-order valence-electron chi connectivity index (χ3n) is 4.87. The van der Waals surface area contributed by atoms with E-state index in [1.807, 2.05) is 13.0 Å². The minimum absolute atomic E-state index is 0.0365. The van der Waals surface area contributed by atoms with Gasteiger partial charge in [-0.2, -0.15) is 5.06 Å². The molecule has 2 amide bonds. The summed E-state index contributed by atoms with van der Waals surface area (Å²) >= 11 is 12.2. The minimum atomic E-state index is -0.363. The van der Waals surface area contributed by atoms with E-state index in [1.54, 1.807) is 39.8 Å². The topological polar surface area (TPSA) is 117 Å². The van der Waals surface area contributed by atoms with Gasteiger partial charge in [0.25, 0.3) is 0 Å². The van der Waals surface area contributed by atoms with Gasteiger partial charge in [0.05, 0.1) is 25.0 Å². The number of pyridine rings is 1. The zero-order chi connectivity index (χ0) is 28.7. The monoisotopic (exact) mass is 567 g/mol. The number of nitrogens with one attached hydrogen (secondary N) is 1. The molecule has 1 aromatic rings. The summed E-state index contributed by atoms with van der Waals surface area (Å²) in [6.07, 6.45) is 11.8. The van der Waals surface area contributed by atoms with Crippen LogP contribution in [-0.2, 0) is 9.73 Å². The number of carbonyl (C=O) groups excluding carboxylic acids is 2. The van der Waals surface area contributed by atoms with E-state index in [0.717, 1.165) is 11.9 Å². The number of hydroxylamine groups is 3. The number of aromatic nitrogens is 1. The Morgan fingerprint density at radius 1 is 1.39 bits per heavy atom. The van der Waals surface area contributed by atoms with Crippen molar-refractivity contribution in [2.75, 3.05) is 19.7 Å². The lowest BCUT2D eigenvalue weighted by molar-refractivity contribution is -0.167. The lowest BCUT2D eigenvalue weighted by Crippen LogP contribution is -2.58. The van der Waals surface area contributed by atoms with Gasteiger partial charge in [0, 0.05) is 17.6 Å². The van der Waals surface area contributed by atoms with Crippen LogP contribution in [-0.4, -0.2) is 64.1 Å². The Hall–Kier alpha value is -3.10. The second-order valence-electron chi connectivity index (χ2n) is 8.15. The number of aldehydes is 1. The number of hydrogen-bond acceptors (Lipinski definition) is 7. The fraction of sp³-hybridized carbons (Fsp3) is 0.462. The highest BCUT2D eigenvalue weighted by Gasteiger charge is 2.32. The summed E-state index contributed by atoms with van der Waals surface area (Å²) in [5, 5.41) is 9.67. The number of carbonyl (C=O) groups is 2. The SMILES string of the molecule is C#CC.CCN1ONC(=Nc2cnc(OC3CC(C=O)C3)c(Cl)c2)N(C/C(C)=C/C=C(\C)Cl)C1=O.CCO. The normalized spacial score (nSPS) is 20.2. The van der Waals surface area contributed by atoms with Crippen molar-refractivity contribution < 1.29 is 24.4 Å². The molecule has 1 aliphatic carbocycles. The number of terminal acetylenes is 1. The van der Waals surface area contributed by atoms with E-state index < -0.39 is 0 Å². The fourth-order valence-corrected chi connectivity index (χ4v) is 3.33. The van der Waals surface area contributed by atoms with E-state index in [-0.39, 0.29) is 48.1 Å². The highest BCUT2D eigenvalue weighted by atomic mass is 35.5. The maximum absolute atomic E-state index is 12.8. The van der Waals surface area contributed by atoms with Crippen LogP contribution in [0, 0.1) is 18.3 Å². The van der Waals surface area contributed by atoms with Crippen LogP contribution >= 0.6 is 23.2 Å². The van der Waals surface area contributed by atoms with Crippen molar-refractivity contribution in [1.82, 2.24) is 20.4 Å². The van der Waals surface area contributed by atoms with Gasteiger partial charge in [-0.05, 0) is 59.6 Å². The molecule has 2 aliphatic rings. The van der Waals surface area contributed by atoms with Crippen molar-refractivity contribution >= 4 is 47.2 Å². The lowest BCUT2D eigenvalue weighted by atomic mass is 9.83. The third-order valence-corrected chi connectivity index (χ3v) is 5.27. The maximum Gasteiger partial charge on any atom is 0.353 e. The van der Waals surface area contributed by atoms with Gasteiger partial charge in [-0.1, -0.05) is 34.9 Å². The number of allylic oxidation sites excluding steroid dienone is 3. The number of ether oxygens (including phenoxy) is 1. The maximum atomic E-state index is 12.8. The summed E-state index contributed by atoms with van der Waals surface area (Å²) in [5.74, 6) is 2.76. The molecule has 12 heteroatoms. The van der Waals surface area contributed by atoms with Gasteiger partial charge in [-0.15, -0.1) is 17.3 Å². The van der Waals surface area contributed by atoms with Crippen molar-refractivity contribution in [3.05, 3.63) is 40.0 Å². The van der Waals surface area contributed by atoms with Gasteiger partial charge < -0.3 is 14.6 Å². The van der Waals surface area contributed by atoms with Crippen molar-refractivity contribution in [2.24, 2.45) is 10.9 Å². The Morgan fingerprint density at radius 3 is 2.55 bits per heavy atom. The first kappa shape index (κ1) is 32.9. The number of aliphatic hydroxyl groups is 1. The highest BCUT2D eigenvalue weighted by molar-refractivity contribution is 6.32. The van der Waals surface area contributed by atoms with Crippen LogP contribution < -0.4 is 10.2 Å². The molecule has 2 heterocycles. The Morgan fingerprint density at radius 2 is 2.03 bits per heavy atom. The van der Waals surface area contributed by atoms with Gasteiger partial charge in [0.15, 0.2) is 0 Å². The number of aliphatic imine (C=N–C) groups is 1. The molecule has 208 valence electrons. The molecule has 1 aromatic heterocycles. The quantitative estimate of drug-likeness (QED) is 0.258. The van der Waals surface area contributed by atoms with Crippen molar-refractivity contribution in [3.63, 3.8) is 0 Å².